The van der Waals surface area contributed by atoms with Gasteiger partial charge in [0.05, 0.1) is 18.1 Å². The molecule has 0 aliphatic carbocycles. The number of ether oxygens (including phenoxy) is 1. The lowest BCUT2D eigenvalue weighted by atomic mass is 10.1. The van der Waals surface area contributed by atoms with Crippen LogP contribution in [-0.4, -0.2) is 23.7 Å². The molecule has 20 heavy (non-hydrogen) atoms. The van der Waals surface area contributed by atoms with Gasteiger partial charge in [0.2, 0.25) is 0 Å². The molecule has 3 aromatic rings. The van der Waals surface area contributed by atoms with Crippen LogP contribution >= 0.6 is 0 Å². The van der Waals surface area contributed by atoms with Gasteiger partial charge in [-0.1, -0.05) is 12.1 Å². The van der Waals surface area contributed by atoms with Crippen molar-refractivity contribution in [3.63, 3.8) is 0 Å². The fourth-order valence-corrected chi connectivity index (χ4v) is 2.44. The van der Waals surface area contributed by atoms with E-state index in [4.69, 9.17) is 9.72 Å². The standard InChI is InChI=1S/C16H17N3O/c1-17-13-7-5-4-6-12(13)16-18-14-10-11(20-3)8-9-15(14)19(16)2/h4-10,17H,1-3H3. The molecule has 0 aliphatic rings. The van der Waals surface area contributed by atoms with E-state index in [1.807, 2.05) is 44.4 Å². The number of hydrogen-bond acceptors (Lipinski definition) is 3. The molecular weight excluding hydrogens is 250 g/mol. The Bertz CT molecular complexity index is 762. The van der Waals surface area contributed by atoms with Crippen molar-refractivity contribution < 1.29 is 4.74 Å². The predicted molar refractivity (Wildman–Crippen MR) is 82.2 cm³/mol. The van der Waals surface area contributed by atoms with Crippen molar-refractivity contribution >= 4 is 16.7 Å². The minimum atomic E-state index is 0.823. The van der Waals surface area contributed by atoms with Crippen LogP contribution in [0, 0.1) is 0 Å². The molecule has 0 saturated heterocycles. The van der Waals surface area contributed by atoms with Gasteiger partial charge in [-0.2, -0.15) is 0 Å². The molecule has 2 aromatic carbocycles. The molecule has 1 aromatic heterocycles. The Labute approximate surface area is 118 Å². The number of benzene rings is 2. The van der Waals surface area contributed by atoms with E-state index in [1.54, 1.807) is 7.11 Å². The Morgan fingerprint density at radius 2 is 1.95 bits per heavy atom. The largest absolute Gasteiger partial charge is 0.497 e. The number of methoxy groups -OCH3 is 1. The molecule has 0 radical (unpaired) electrons. The zero-order valence-electron chi connectivity index (χ0n) is 11.8. The second kappa shape index (κ2) is 4.89. The van der Waals surface area contributed by atoms with Crippen LogP contribution in [0.15, 0.2) is 42.5 Å². The summed E-state index contributed by atoms with van der Waals surface area (Å²) in [6, 6.07) is 14.1. The topological polar surface area (TPSA) is 39.1 Å². The third-order valence-corrected chi connectivity index (χ3v) is 3.53. The molecule has 4 nitrogen and oxygen atoms in total. The fraction of sp³-hybridized carbons (Fsp3) is 0.188. The Kier molecular flexibility index (Phi) is 3.06. The lowest BCUT2D eigenvalue weighted by molar-refractivity contribution is 0.415. The quantitative estimate of drug-likeness (QED) is 0.791. The third-order valence-electron chi connectivity index (χ3n) is 3.53. The highest BCUT2D eigenvalue weighted by atomic mass is 16.5. The van der Waals surface area contributed by atoms with Gasteiger partial charge >= 0.3 is 0 Å². The van der Waals surface area contributed by atoms with Gasteiger partial charge < -0.3 is 14.6 Å². The predicted octanol–water partition coefficient (Wildman–Crippen LogP) is 3.29. The van der Waals surface area contributed by atoms with E-state index >= 15 is 0 Å². The first-order valence-corrected chi connectivity index (χ1v) is 6.52. The first-order chi connectivity index (χ1) is 9.74. The maximum absolute atomic E-state index is 5.26. The van der Waals surface area contributed by atoms with Crippen LogP contribution in [0.1, 0.15) is 0 Å². The first-order valence-electron chi connectivity index (χ1n) is 6.52. The van der Waals surface area contributed by atoms with Crippen molar-refractivity contribution in [2.75, 3.05) is 19.5 Å². The van der Waals surface area contributed by atoms with E-state index in [2.05, 4.69) is 22.0 Å². The number of nitrogens with zero attached hydrogens (tertiary/aromatic N) is 2. The van der Waals surface area contributed by atoms with E-state index < -0.39 is 0 Å². The van der Waals surface area contributed by atoms with Gasteiger partial charge in [0.25, 0.3) is 0 Å². The summed E-state index contributed by atoms with van der Waals surface area (Å²) in [6.07, 6.45) is 0. The monoisotopic (exact) mass is 267 g/mol. The highest BCUT2D eigenvalue weighted by molar-refractivity contribution is 5.84. The van der Waals surface area contributed by atoms with E-state index in [0.29, 0.717) is 0 Å². The summed E-state index contributed by atoms with van der Waals surface area (Å²) in [5.41, 5.74) is 4.19. The van der Waals surface area contributed by atoms with Crippen molar-refractivity contribution in [2.24, 2.45) is 7.05 Å². The molecular formula is C16H17N3O. The average Bonchev–Trinajstić information content (AvgIpc) is 2.83. The molecule has 4 heteroatoms. The van der Waals surface area contributed by atoms with Gasteiger partial charge in [0.1, 0.15) is 11.6 Å². The number of aromatic nitrogens is 2. The van der Waals surface area contributed by atoms with Crippen molar-refractivity contribution in [2.45, 2.75) is 0 Å². The third kappa shape index (κ3) is 1.90. The zero-order chi connectivity index (χ0) is 14.1. The smallest absolute Gasteiger partial charge is 0.142 e. The van der Waals surface area contributed by atoms with E-state index in [1.165, 1.54) is 0 Å². The highest BCUT2D eigenvalue weighted by Crippen LogP contribution is 2.30. The maximum Gasteiger partial charge on any atom is 0.142 e. The summed E-state index contributed by atoms with van der Waals surface area (Å²) in [5, 5.41) is 3.21. The summed E-state index contributed by atoms with van der Waals surface area (Å²) in [5.74, 6) is 1.77. The van der Waals surface area contributed by atoms with E-state index in [-0.39, 0.29) is 0 Å². The van der Waals surface area contributed by atoms with Gasteiger partial charge in [0.15, 0.2) is 0 Å². The fourth-order valence-electron chi connectivity index (χ4n) is 2.44. The molecule has 102 valence electrons. The summed E-state index contributed by atoms with van der Waals surface area (Å²) < 4.78 is 7.36. The Hall–Kier alpha value is -2.49. The van der Waals surface area contributed by atoms with Crippen LogP contribution in [0.5, 0.6) is 5.75 Å². The van der Waals surface area contributed by atoms with Crippen LogP contribution in [0.4, 0.5) is 5.69 Å². The zero-order valence-corrected chi connectivity index (χ0v) is 11.8. The number of anilines is 1. The molecule has 1 N–H and O–H groups in total. The van der Waals surface area contributed by atoms with Gasteiger partial charge in [0, 0.05) is 31.4 Å². The molecule has 0 amide bonds. The van der Waals surface area contributed by atoms with Gasteiger partial charge in [-0.25, -0.2) is 4.98 Å². The molecule has 0 saturated carbocycles. The summed E-state index contributed by atoms with van der Waals surface area (Å²) in [4.78, 5) is 4.74. The number of nitrogens with one attached hydrogen (secondary N) is 1. The number of fused-ring (bicyclic) bond motifs is 1. The summed E-state index contributed by atoms with van der Waals surface area (Å²) >= 11 is 0. The molecule has 0 unspecified atom stereocenters. The van der Waals surface area contributed by atoms with Crippen LogP contribution in [0.25, 0.3) is 22.4 Å². The Balaban J connectivity index is 2.23. The van der Waals surface area contributed by atoms with Crippen LogP contribution in [-0.2, 0) is 7.05 Å². The van der Waals surface area contributed by atoms with Gasteiger partial charge in [-0.05, 0) is 24.3 Å². The second-order valence-electron chi connectivity index (χ2n) is 4.64. The SMILES string of the molecule is CNc1ccccc1-c1nc2cc(OC)ccc2n1C. The van der Waals surface area contributed by atoms with Crippen molar-refractivity contribution in [1.82, 2.24) is 9.55 Å². The molecule has 0 fully saturated rings. The molecule has 0 bridgehead atoms. The highest BCUT2D eigenvalue weighted by Gasteiger charge is 2.13. The van der Waals surface area contributed by atoms with Crippen molar-refractivity contribution in [1.29, 1.82) is 0 Å². The Morgan fingerprint density at radius 1 is 1.15 bits per heavy atom. The Morgan fingerprint density at radius 3 is 2.70 bits per heavy atom. The molecule has 1 heterocycles. The average molecular weight is 267 g/mol. The normalized spacial score (nSPS) is 10.8. The minimum Gasteiger partial charge on any atom is -0.497 e. The van der Waals surface area contributed by atoms with E-state index in [9.17, 15) is 0 Å². The van der Waals surface area contributed by atoms with Crippen LogP contribution < -0.4 is 10.1 Å². The number of hydrogen-bond donors (Lipinski definition) is 1. The number of aryl methyl sites for hydroxylation is 1. The molecule has 0 aliphatic heterocycles. The number of para-hydroxylation sites is 1. The first kappa shape index (κ1) is 12.5. The lowest BCUT2D eigenvalue weighted by Crippen LogP contribution is -1.97. The minimum absolute atomic E-state index is 0.823. The lowest BCUT2D eigenvalue weighted by Gasteiger charge is -2.08. The van der Waals surface area contributed by atoms with E-state index in [0.717, 1.165) is 33.9 Å². The van der Waals surface area contributed by atoms with Crippen LogP contribution in [0.2, 0.25) is 0 Å². The summed E-state index contributed by atoms with van der Waals surface area (Å²) in [6.45, 7) is 0. The number of rotatable bonds is 3. The van der Waals surface area contributed by atoms with Crippen molar-refractivity contribution in [3.05, 3.63) is 42.5 Å². The second-order valence-corrected chi connectivity index (χ2v) is 4.64. The molecule has 3 rings (SSSR count). The van der Waals surface area contributed by atoms with Crippen molar-refractivity contribution in [3.8, 4) is 17.1 Å². The maximum atomic E-state index is 5.26. The number of imidazole rings is 1. The van der Waals surface area contributed by atoms with Crippen LogP contribution in [0.3, 0.4) is 0 Å². The van der Waals surface area contributed by atoms with Gasteiger partial charge in [-0.15, -0.1) is 0 Å². The molecule has 0 atom stereocenters. The molecule has 0 spiro atoms. The van der Waals surface area contributed by atoms with Gasteiger partial charge in [-0.3, -0.25) is 0 Å². The summed E-state index contributed by atoms with van der Waals surface area (Å²) in [7, 11) is 5.62.